The van der Waals surface area contributed by atoms with Crippen LogP contribution in [0.3, 0.4) is 0 Å². The lowest BCUT2D eigenvalue weighted by Crippen LogP contribution is -2.38. The van der Waals surface area contributed by atoms with Gasteiger partial charge in [-0.1, -0.05) is 25.0 Å². The molecular formula is C19H24N2O2. The van der Waals surface area contributed by atoms with Crippen molar-refractivity contribution in [3.8, 4) is 0 Å². The molecule has 1 amide bonds. The zero-order valence-corrected chi connectivity index (χ0v) is 13.5. The van der Waals surface area contributed by atoms with Gasteiger partial charge in [-0.15, -0.1) is 0 Å². The van der Waals surface area contributed by atoms with E-state index in [1.807, 2.05) is 24.3 Å². The van der Waals surface area contributed by atoms with Crippen LogP contribution in [0.1, 0.15) is 56.8 Å². The molecule has 1 saturated heterocycles. The maximum atomic E-state index is 12.4. The minimum absolute atomic E-state index is 0.345. The Bertz CT molecular complexity index is 646. The Morgan fingerprint density at radius 3 is 2.61 bits per heavy atom. The monoisotopic (exact) mass is 312 g/mol. The van der Waals surface area contributed by atoms with E-state index in [0.717, 1.165) is 49.3 Å². The molecule has 4 heteroatoms. The van der Waals surface area contributed by atoms with Crippen molar-refractivity contribution >= 4 is 17.0 Å². The highest BCUT2D eigenvalue weighted by Crippen LogP contribution is 2.32. The number of oxazole rings is 1. The van der Waals surface area contributed by atoms with Crippen molar-refractivity contribution < 1.29 is 9.21 Å². The number of nitrogens with zero attached hydrogens (tertiary/aromatic N) is 2. The second-order valence-corrected chi connectivity index (χ2v) is 7.03. The van der Waals surface area contributed by atoms with Crippen LogP contribution in [0.2, 0.25) is 0 Å². The van der Waals surface area contributed by atoms with Crippen LogP contribution in [-0.4, -0.2) is 28.9 Å². The lowest BCUT2D eigenvalue weighted by Gasteiger charge is -2.31. The first kappa shape index (κ1) is 14.7. The van der Waals surface area contributed by atoms with E-state index in [0.29, 0.717) is 17.7 Å². The zero-order valence-electron chi connectivity index (χ0n) is 13.5. The average Bonchev–Trinajstić information content (AvgIpc) is 3.24. The van der Waals surface area contributed by atoms with Gasteiger partial charge in [0.05, 0.1) is 0 Å². The molecule has 1 aromatic heterocycles. The van der Waals surface area contributed by atoms with Crippen molar-refractivity contribution in [2.24, 2.45) is 5.92 Å². The first-order valence-corrected chi connectivity index (χ1v) is 8.93. The first-order valence-electron chi connectivity index (χ1n) is 8.93. The number of carbonyl (C=O) groups excluding carboxylic acids is 1. The number of benzene rings is 1. The number of fused-ring (bicyclic) bond motifs is 1. The Balaban J connectivity index is 1.35. The van der Waals surface area contributed by atoms with Crippen LogP contribution in [0.15, 0.2) is 28.7 Å². The van der Waals surface area contributed by atoms with Crippen molar-refractivity contribution in [1.29, 1.82) is 0 Å². The summed E-state index contributed by atoms with van der Waals surface area (Å²) in [5, 5.41) is 0. The number of likely N-dealkylation sites (tertiary alicyclic amines) is 1. The number of carbonyl (C=O) groups is 1. The highest BCUT2D eigenvalue weighted by Gasteiger charge is 2.28. The Morgan fingerprint density at radius 2 is 1.87 bits per heavy atom. The Morgan fingerprint density at radius 1 is 1.13 bits per heavy atom. The summed E-state index contributed by atoms with van der Waals surface area (Å²) in [5.74, 6) is 2.18. The van der Waals surface area contributed by atoms with Gasteiger partial charge in [-0.05, 0) is 43.7 Å². The first-order chi connectivity index (χ1) is 11.3. The summed E-state index contributed by atoms with van der Waals surface area (Å²) in [4.78, 5) is 19.1. The lowest BCUT2D eigenvalue weighted by molar-refractivity contribution is -0.133. The number of para-hydroxylation sites is 2. The van der Waals surface area contributed by atoms with E-state index in [1.54, 1.807) is 0 Å². The fourth-order valence-corrected chi connectivity index (χ4v) is 4.03. The van der Waals surface area contributed by atoms with Gasteiger partial charge in [0.25, 0.3) is 0 Å². The normalized spacial score (nSPS) is 20.4. The van der Waals surface area contributed by atoms with Gasteiger partial charge in [0.1, 0.15) is 5.52 Å². The molecular weight excluding hydrogens is 288 g/mol. The van der Waals surface area contributed by atoms with E-state index in [1.165, 1.54) is 25.7 Å². The van der Waals surface area contributed by atoms with Gasteiger partial charge in [-0.2, -0.15) is 0 Å². The van der Waals surface area contributed by atoms with E-state index in [2.05, 4.69) is 9.88 Å². The molecule has 1 aliphatic heterocycles. The van der Waals surface area contributed by atoms with Crippen LogP contribution < -0.4 is 0 Å². The molecule has 4 nitrogen and oxygen atoms in total. The molecule has 0 bridgehead atoms. The molecule has 122 valence electrons. The molecule has 2 aromatic rings. The number of rotatable bonds is 3. The summed E-state index contributed by atoms with van der Waals surface area (Å²) in [6.07, 6.45) is 7.77. The van der Waals surface area contributed by atoms with E-state index in [9.17, 15) is 4.79 Å². The largest absolute Gasteiger partial charge is 0.440 e. The summed E-state index contributed by atoms with van der Waals surface area (Å²) in [6.45, 7) is 1.68. The topological polar surface area (TPSA) is 46.3 Å². The van der Waals surface area contributed by atoms with Crippen LogP contribution in [0.25, 0.3) is 11.1 Å². The van der Waals surface area contributed by atoms with E-state index in [-0.39, 0.29) is 0 Å². The van der Waals surface area contributed by atoms with Crippen molar-refractivity contribution in [2.75, 3.05) is 13.1 Å². The molecule has 1 aromatic carbocycles. The number of piperidine rings is 1. The second kappa shape index (κ2) is 6.34. The molecule has 23 heavy (non-hydrogen) atoms. The molecule has 1 aliphatic carbocycles. The third-order valence-corrected chi connectivity index (χ3v) is 5.45. The maximum Gasteiger partial charge on any atom is 0.222 e. The Labute approximate surface area is 136 Å². The zero-order chi connectivity index (χ0) is 15.6. The summed E-state index contributed by atoms with van der Waals surface area (Å²) in [5.41, 5.74) is 1.80. The van der Waals surface area contributed by atoms with E-state index in [4.69, 9.17) is 4.42 Å². The molecule has 1 saturated carbocycles. The van der Waals surface area contributed by atoms with Gasteiger partial charge < -0.3 is 9.32 Å². The molecule has 0 N–H and O–H groups in total. The fourth-order valence-electron chi connectivity index (χ4n) is 4.03. The van der Waals surface area contributed by atoms with E-state index >= 15 is 0 Å². The van der Waals surface area contributed by atoms with Crippen molar-refractivity contribution in [3.63, 3.8) is 0 Å². The molecule has 4 rings (SSSR count). The van der Waals surface area contributed by atoms with Gasteiger partial charge in [-0.25, -0.2) is 4.98 Å². The van der Waals surface area contributed by atoms with E-state index < -0.39 is 0 Å². The lowest BCUT2D eigenvalue weighted by atomic mass is 9.95. The standard InChI is InChI=1S/C19H24N2O2/c22-18(13-14-5-1-2-6-14)21-11-9-15(10-12-21)19-20-16-7-3-4-8-17(16)23-19/h3-4,7-8,14-15H,1-2,5-6,9-13H2. The van der Waals surface area contributed by atoms with Crippen LogP contribution in [-0.2, 0) is 4.79 Å². The fraction of sp³-hybridized carbons (Fsp3) is 0.579. The molecule has 0 unspecified atom stereocenters. The summed E-state index contributed by atoms with van der Waals surface area (Å²) < 4.78 is 5.90. The number of amides is 1. The summed E-state index contributed by atoms with van der Waals surface area (Å²) in [6, 6.07) is 7.91. The predicted octanol–water partition coefficient (Wildman–Crippen LogP) is 4.11. The van der Waals surface area contributed by atoms with Crippen molar-refractivity contribution in [3.05, 3.63) is 30.2 Å². The predicted molar refractivity (Wildman–Crippen MR) is 89.1 cm³/mol. The molecule has 2 aliphatic rings. The number of aromatic nitrogens is 1. The SMILES string of the molecule is O=C(CC1CCCC1)N1CCC(c2nc3ccccc3o2)CC1. The molecule has 2 fully saturated rings. The van der Waals surface area contributed by atoms with Crippen molar-refractivity contribution in [1.82, 2.24) is 9.88 Å². The number of hydrogen-bond donors (Lipinski definition) is 0. The Kier molecular flexibility index (Phi) is 4.06. The third-order valence-electron chi connectivity index (χ3n) is 5.45. The average molecular weight is 312 g/mol. The molecule has 0 spiro atoms. The smallest absolute Gasteiger partial charge is 0.222 e. The van der Waals surface area contributed by atoms with Gasteiger partial charge in [-0.3, -0.25) is 4.79 Å². The minimum Gasteiger partial charge on any atom is -0.440 e. The van der Waals surface area contributed by atoms with Crippen LogP contribution in [0.5, 0.6) is 0 Å². The Hall–Kier alpha value is -1.84. The minimum atomic E-state index is 0.345. The van der Waals surface area contributed by atoms with Crippen LogP contribution >= 0.6 is 0 Å². The third kappa shape index (κ3) is 3.12. The van der Waals surface area contributed by atoms with Crippen LogP contribution in [0.4, 0.5) is 0 Å². The maximum absolute atomic E-state index is 12.4. The van der Waals surface area contributed by atoms with Crippen LogP contribution in [0, 0.1) is 5.92 Å². The van der Waals surface area contributed by atoms with Gasteiger partial charge in [0, 0.05) is 25.4 Å². The molecule has 2 heterocycles. The number of hydrogen-bond acceptors (Lipinski definition) is 3. The van der Waals surface area contributed by atoms with Gasteiger partial charge >= 0.3 is 0 Å². The van der Waals surface area contributed by atoms with Gasteiger partial charge in [0.2, 0.25) is 5.91 Å². The summed E-state index contributed by atoms with van der Waals surface area (Å²) >= 11 is 0. The second-order valence-electron chi connectivity index (χ2n) is 7.03. The molecule has 0 radical (unpaired) electrons. The summed E-state index contributed by atoms with van der Waals surface area (Å²) in [7, 11) is 0. The van der Waals surface area contributed by atoms with Gasteiger partial charge in [0.15, 0.2) is 11.5 Å². The quantitative estimate of drug-likeness (QED) is 0.856. The van der Waals surface area contributed by atoms with Crippen molar-refractivity contribution in [2.45, 2.75) is 50.9 Å². The molecule has 0 atom stereocenters. The highest BCUT2D eigenvalue weighted by molar-refractivity contribution is 5.76. The highest BCUT2D eigenvalue weighted by atomic mass is 16.3.